The molecule has 3 atom stereocenters. The zero-order chi connectivity index (χ0) is 14.8. The van der Waals surface area contributed by atoms with E-state index >= 15 is 0 Å². The predicted molar refractivity (Wildman–Crippen MR) is 73.1 cm³/mol. The highest BCUT2D eigenvalue weighted by Crippen LogP contribution is 2.38. The van der Waals surface area contributed by atoms with Gasteiger partial charge in [0.2, 0.25) is 0 Å². The summed E-state index contributed by atoms with van der Waals surface area (Å²) in [5.41, 5.74) is 1.10. The molecule has 1 aliphatic heterocycles. The topological polar surface area (TPSA) is 63.6 Å². The third-order valence-electron chi connectivity index (χ3n) is 4.35. The lowest BCUT2D eigenvalue weighted by Crippen LogP contribution is -2.56. The van der Waals surface area contributed by atoms with Gasteiger partial charge in [0.25, 0.3) is 0 Å². The van der Waals surface area contributed by atoms with Crippen LogP contribution in [-0.4, -0.2) is 53.4 Å². The lowest BCUT2D eigenvalue weighted by atomic mass is 10.1. The maximum atomic E-state index is 10.8. The van der Waals surface area contributed by atoms with Gasteiger partial charge in [-0.25, -0.2) is 4.90 Å². The van der Waals surface area contributed by atoms with Gasteiger partial charge in [-0.1, -0.05) is 30.3 Å². The molecule has 1 heterocycles. The van der Waals surface area contributed by atoms with Crippen molar-refractivity contribution in [2.24, 2.45) is 0 Å². The third-order valence-corrected chi connectivity index (χ3v) is 4.35. The summed E-state index contributed by atoms with van der Waals surface area (Å²) in [6, 6.07) is 9.95. The summed E-state index contributed by atoms with van der Waals surface area (Å²) in [7, 11) is 2.01. The second-order valence-corrected chi connectivity index (χ2v) is 5.57. The Morgan fingerprint density at radius 1 is 1.50 bits per heavy atom. The van der Waals surface area contributed by atoms with Gasteiger partial charge in [-0.2, -0.15) is 0 Å². The van der Waals surface area contributed by atoms with Crippen LogP contribution in [0.2, 0.25) is 0 Å². The Labute approximate surface area is 119 Å². The first-order valence-electron chi connectivity index (χ1n) is 6.97. The monoisotopic (exact) mass is 278 g/mol. The number of aliphatic hydroxyl groups excluding tert-OH is 1. The second-order valence-electron chi connectivity index (χ2n) is 5.57. The van der Waals surface area contributed by atoms with E-state index < -0.39 is 12.2 Å². The Balaban J connectivity index is 2.35. The van der Waals surface area contributed by atoms with Gasteiger partial charge in [-0.3, -0.25) is 4.48 Å². The summed E-state index contributed by atoms with van der Waals surface area (Å²) >= 11 is 0. The fourth-order valence-electron chi connectivity index (χ4n) is 3.27. The maximum Gasteiger partial charge on any atom is 0.189 e. The van der Waals surface area contributed by atoms with Crippen LogP contribution in [0.3, 0.4) is 0 Å². The molecule has 2 rings (SSSR count). The van der Waals surface area contributed by atoms with Crippen LogP contribution in [0.25, 0.3) is 0 Å². The van der Waals surface area contributed by atoms with Crippen molar-refractivity contribution in [3.05, 3.63) is 35.9 Å². The van der Waals surface area contributed by atoms with Crippen LogP contribution in [-0.2, 0) is 4.79 Å². The molecule has 5 nitrogen and oxygen atoms in total. The van der Waals surface area contributed by atoms with E-state index in [-0.39, 0.29) is 12.6 Å². The van der Waals surface area contributed by atoms with Gasteiger partial charge < -0.3 is 15.0 Å². The van der Waals surface area contributed by atoms with Gasteiger partial charge in [0, 0.05) is 24.9 Å². The van der Waals surface area contributed by atoms with Gasteiger partial charge in [0.15, 0.2) is 12.4 Å². The summed E-state index contributed by atoms with van der Waals surface area (Å²) in [6.45, 7) is 3.69. The Bertz CT molecular complexity index is 463. The molecule has 0 saturated carbocycles. The van der Waals surface area contributed by atoms with Gasteiger partial charge in [0.1, 0.15) is 0 Å². The number of quaternary nitrogens is 1. The summed E-state index contributed by atoms with van der Waals surface area (Å²) in [6.07, 6.45) is -0.678. The van der Waals surface area contributed by atoms with Crippen molar-refractivity contribution in [3.63, 3.8) is 0 Å². The fraction of sp³-hybridized carbons (Fsp3) is 0.533. The largest absolute Gasteiger partial charge is 0.550 e. The highest BCUT2D eigenvalue weighted by Gasteiger charge is 2.48. The van der Waals surface area contributed by atoms with E-state index in [0.717, 1.165) is 18.7 Å². The normalized spacial score (nSPS) is 28.4. The minimum Gasteiger partial charge on any atom is -0.550 e. The van der Waals surface area contributed by atoms with E-state index in [9.17, 15) is 15.0 Å². The van der Waals surface area contributed by atoms with Gasteiger partial charge in [-0.05, 0) is 7.05 Å². The van der Waals surface area contributed by atoms with E-state index in [0.29, 0.717) is 11.0 Å². The predicted octanol–water partition coefficient (Wildman–Crippen LogP) is -0.0743. The van der Waals surface area contributed by atoms with E-state index in [1.165, 1.54) is 0 Å². The van der Waals surface area contributed by atoms with Gasteiger partial charge in [0.05, 0.1) is 19.6 Å². The number of carboxylic acids is 1. The molecule has 0 bridgehead atoms. The molecule has 1 aromatic rings. The van der Waals surface area contributed by atoms with Crippen molar-refractivity contribution in [1.29, 1.82) is 0 Å². The number of nitrogens with zero attached hydrogens (tertiary/aromatic N) is 2. The van der Waals surface area contributed by atoms with E-state index in [1.807, 2.05) is 37.4 Å². The van der Waals surface area contributed by atoms with Crippen LogP contribution in [0.1, 0.15) is 25.1 Å². The van der Waals surface area contributed by atoms with Crippen LogP contribution in [0.15, 0.2) is 30.3 Å². The number of benzene rings is 1. The molecule has 1 fully saturated rings. The highest BCUT2D eigenvalue weighted by molar-refractivity contribution is 5.64. The minimum absolute atomic E-state index is 0.0180. The van der Waals surface area contributed by atoms with Crippen molar-refractivity contribution in [1.82, 2.24) is 4.90 Å². The van der Waals surface area contributed by atoms with Gasteiger partial charge in [-0.15, -0.1) is 0 Å². The Morgan fingerprint density at radius 3 is 2.70 bits per heavy atom. The first-order chi connectivity index (χ1) is 9.47. The first kappa shape index (κ1) is 15.0. The van der Waals surface area contributed by atoms with Crippen LogP contribution in [0, 0.1) is 0 Å². The highest BCUT2D eigenvalue weighted by atomic mass is 16.4. The smallest absolute Gasteiger partial charge is 0.189 e. The molecule has 0 aromatic heterocycles. The molecular formula is C15H22N2O3. The molecule has 0 radical (unpaired) electrons. The summed E-state index contributed by atoms with van der Waals surface area (Å²) in [4.78, 5) is 13.0. The van der Waals surface area contributed by atoms with Crippen molar-refractivity contribution in [2.75, 3.05) is 26.7 Å². The number of hydrogen-bond acceptors (Lipinski definition) is 4. The number of aliphatic carboxylic acids is 1. The SMILES string of the molecule is CC(O)[N+]1(CCC(=O)[O-])CCN(C)C1c1ccccc1. The van der Waals surface area contributed by atoms with Crippen molar-refractivity contribution in [2.45, 2.75) is 25.7 Å². The molecule has 1 saturated heterocycles. The lowest BCUT2D eigenvalue weighted by Gasteiger charge is -2.43. The van der Waals surface area contributed by atoms with Crippen LogP contribution < -0.4 is 5.11 Å². The number of likely N-dealkylation sites (N-methyl/N-ethyl adjacent to an activating group) is 1. The fourth-order valence-corrected chi connectivity index (χ4v) is 3.27. The van der Waals surface area contributed by atoms with Gasteiger partial charge >= 0.3 is 0 Å². The first-order valence-corrected chi connectivity index (χ1v) is 6.97. The standard InChI is InChI=1S/C15H22N2O3/c1-12(18)17(10-8-14(19)20)11-9-16(2)15(17)13-6-4-3-5-7-13/h3-7,12,15,18H,8-11H2,1-2H3. The number of aliphatic hydroxyl groups is 1. The molecule has 0 spiro atoms. The zero-order valence-electron chi connectivity index (χ0n) is 12.0. The number of carboxylic acid groups (broad SMARTS) is 1. The Morgan fingerprint density at radius 2 is 2.15 bits per heavy atom. The van der Waals surface area contributed by atoms with Crippen LogP contribution in [0.5, 0.6) is 0 Å². The molecule has 0 amide bonds. The van der Waals surface area contributed by atoms with E-state index in [2.05, 4.69) is 4.90 Å². The summed E-state index contributed by atoms with van der Waals surface area (Å²) < 4.78 is 0.356. The number of hydrogen-bond donors (Lipinski definition) is 1. The maximum absolute atomic E-state index is 10.8. The molecule has 1 N–H and O–H groups in total. The van der Waals surface area contributed by atoms with Crippen LogP contribution >= 0.6 is 0 Å². The number of carbonyl (C=O) groups is 1. The lowest BCUT2D eigenvalue weighted by molar-refractivity contribution is -0.989. The molecular weight excluding hydrogens is 256 g/mol. The molecule has 1 aromatic carbocycles. The molecule has 0 aliphatic carbocycles. The summed E-state index contributed by atoms with van der Waals surface area (Å²) in [5, 5.41) is 21.1. The molecule has 110 valence electrons. The average molecular weight is 278 g/mol. The van der Waals surface area contributed by atoms with E-state index in [1.54, 1.807) is 6.92 Å². The Kier molecular flexibility index (Phi) is 4.42. The number of rotatable bonds is 5. The molecule has 20 heavy (non-hydrogen) atoms. The minimum atomic E-state index is -1.07. The third kappa shape index (κ3) is 2.70. The van der Waals surface area contributed by atoms with Crippen molar-refractivity contribution in [3.8, 4) is 0 Å². The van der Waals surface area contributed by atoms with Crippen molar-refractivity contribution < 1.29 is 19.5 Å². The molecule has 3 unspecified atom stereocenters. The zero-order valence-corrected chi connectivity index (χ0v) is 12.0. The summed E-state index contributed by atoms with van der Waals surface area (Å²) in [5.74, 6) is -1.07. The van der Waals surface area contributed by atoms with Crippen LogP contribution in [0.4, 0.5) is 0 Å². The quantitative estimate of drug-likeness (QED) is 0.766. The number of carbonyl (C=O) groups excluding carboxylic acids is 1. The van der Waals surface area contributed by atoms with E-state index in [4.69, 9.17) is 0 Å². The Hall–Kier alpha value is -1.43. The molecule has 5 heteroatoms. The van der Waals surface area contributed by atoms with Crippen molar-refractivity contribution >= 4 is 5.97 Å². The average Bonchev–Trinajstić information content (AvgIpc) is 2.76. The second kappa shape index (κ2) is 5.91. The molecule has 1 aliphatic rings.